The second-order valence-electron chi connectivity index (χ2n) is 2.82. The number of carbonyl (C=O) groups is 1. The number of alkyl halides is 2. The van der Waals surface area contributed by atoms with Gasteiger partial charge in [-0.05, 0) is 11.6 Å². The molecule has 0 spiro atoms. The lowest BCUT2D eigenvalue weighted by Crippen LogP contribution is -2.06. The zero-order chi connectivity index (χ0) is 12.3. The van der Waals surface area contributed by atoms with Crippen molar-refractivity contribution in [1.29, 1.82) is 0 Å². The van der Waals surface area contributed by atoms with Gasteiger partial charge in [-0.1, -0.05) is 31.9 Å². The fraction of sp³-hybridized carbons (Fsp3) is 0.222. The first kappa shape index (κ1) is 13.1. The Balaban J connectivity index is 3.30. The van der Waals surface area contributed by atoms with Crippen LogP contribution in [-0.4, -0.2) is 18.0 Å². The van der Waals surface area contributed by atoms with Crippen molar-refractivity contribution in [1.82, 2.24) is 0 Å². The van der Waals surface area contributed by atoms with Crippen molar-refractivity contribution in [3.05, 3.63) is 39.4 Å². The van der Waals surface area contributed by atoms with Gasteiger partial charge in [0.05, 0.1) is 21.3 Å². The minimum absolute atomic E-state index is 0.0773. The van der Waals surface area contributed by atoms with Crippen LogP contribution in [0.5, 0.6) is 0 Å². The summed E-state index contributed by atoms with van der Waals surface area (Å²) in [5, 5.41) is 10.6. The van der Waals surface area contributed by atoms with Crippen LogP contribution < -0.4 is 0 Å². The molecule has 7 heteroatoms. The predicted molar refractivity (Wildman–Crippen MR) is 65.0 cm³/mol. The van der Waals surface area contributed by atoms with Gasteiger partial charge >= 0.3 is 5.97 Å². The normalized spacial score (nSPS) is 10.2. The molecule has 1 aromatic rings. The van der Waals surface area contributed by atoms with Gasteiger partial charge in [-0.2, -0.15) is 0 Å². The molecule has 0 aliphatic carbocycles. The molecule has 0 saturated carbocycles. The van der Waals surface area contributed by atoms with Crippen molar-refractivity contribution in [3.8, 4) is 0 Å². The smallest absolute Gasteiger partial charge is 0.338 e. The van der Waals surface area contributed by atoms with Crippen molar-refractivity contribution in [2.24, 2.45) is 0 Å². The van der Waals surface area contributed by atoms with Gasteiger partial charge in [0.2, 0.25) is 0 Å². The van der Waals surface area contributed by atoms with E-state index in [9.17, 15) is 14.9 Å². The van der Waals surface area contributed by atoms with Gasteiger partial charge in [0.15, 0.2) is 0 Å². The van der Waals surface area contributed by atoms with Gasteiger partial charge < -0.3 is 4.74 Å². The van der Waals surface area contributed by atoms with Gasteiger partial charge in [0, 0.05) is 12.1 Å². The van der Waals surface area contributed by atoms with Crippen molar-refractivity contribution < 1.29 is 14.5 Å². The molecule has 0 radical (unpaired) electrons. The zero-order valence-corrected chi connectivity index (χ0v) is 11.3. The van der Waals surface area contributed by atoms with Crippen LogP contribution in [0.2, 0.25) is 0 Å². The highest BCUT2D eigenvalue weighted by Gasteiger charge is 2.19. The number of rotatable bonds is 3. The number of benzene rings is 1. The van der Waals surface area contributed by atoms with E-state index in [2.05, 4.69) is 36.6 Å². The van der Waals surface area contributed by atoms with E-state index in [-0.39, 0.29) is 15.0 Å². The molecule has 0 amide bonds. The monoisotopic (exact) mass is 351 g/mol. The summed E-state index contributed by atoms with van der Waals surface area (Å²) in [6, 6.07) is 3.95. The molecule has 1 aromatic carbocycles. The topological polar surface area (TPSA) is 69.4 Å². The highest BCUT2D eigenvalue weighted by Crippen LogP contribution is 2.34. The molecular weight excluding hydrogens is 346 g/mol. The molecule has 0 aliphatic rings. The molecule has 1 rings (SSSR count). The highest BCUT2D eigenvalue weighted by molar-refractivity contribution is 9.24. The minimum atomic E-state index is -0.534. The molecule has 0 unspecified atom stereocenters. The van der Waals surface area contributed by atoms with Crippen LogP contribution in [0.15, 0.2) is 18.2 Å². The molecule has 0 atom stereocenters. The Bertz CT molecular complexity index is 434. The molecule has 0 bridgehead atoms. The maximum atomic E-state index is 11.4. The Labute approximate surface area is 108 Å². The Hall–Kier alpha value is -0.950. The summed E-state index contributed by atoms with van der Waals surface area (Å²) in [7, 11) is 1.25. The Morgan fingerprint density at radius 3 is 2.56 bits per heavy atom. The number of esters is 1. The third-order valence-corrected chi connectivity index (χ3v) is 2.87. The SMILES string of the molecule is COC(=O)c1ccc([N+](=O)[O-])cc1C(Br)Br. The average Bonchev–Trinajstić information content (AvgIpc) is 2.26. The fourth-order valence-electron chi connectivity index (χ4n) is 1.14. The van der Waals surface area contributed by atoms with E-state index in [1.54, 1.807) is 0 Å². The number of nitro groups is 1. The third-order valence-electron chi connectivity index (χ3n) is 1.89. The summed E-state index contributed by atoms with van der Waals surface area (Å²) in [5.74, 6) is -0.534. The van der Waals surface area contributed by atoms with E-state index in [4.69, 9.17) is 0 Å². The van der Waals surface area contributed by atoms with Crippen molar-refractivity contribution in [3.63, 3.8) is 0 Å². The first-order chi connectivity index (χ1) is 7.47. The summed E-state index contributed by atoms with van der Waals surface area (Å²) in [5.41, 5.74) is 0.666. The number of nitrogens with zero attached hydrogens (tertiary/aromatic N) is 1. The number of non-ortho nitro benzene ring substituents is 1. The standard InChI is InChI=1S/C9H7Br2NO4/c1-16-9(13)6-3-2-5(12(14)15)4-7(6)8(10)11/h2-4,8H,1H3. The lowest BCUT2D eigenvalue weighted by atomic mass is 10.1. The van der Waals surface area contributed by atoms with Gasteiger partial charge in [0.1, 0.15) is 0 Å². The molecule has 16 heavy (non-hydrogen) atoms. The molecule has 0 fully saturated rings. The van der Waals surface area contributed by atoms with E-state index < -0.39 is 10.9 Å². The molecule has 0 saturated heterocycles. The first-order valence-corrected chi connectivity index (χ1v) is 5.95. The Morgan fingerprint density at radius 2 is 2.12 bits per heavy atom. The van der Waals surface area contributed by atoms with Gasteiger partial charge in [-0.15, -0.1) is 0 Å². The van der Waals surface area contributed by atoms with E-state index >= 15 is 0 Å². The number of carbonyl (C=O) groups excluding carboxylic acids is 1. The maximum Gasteiger partial charge on any atom is 0.338 e. The number of ether oxygens (including phenoxy) is 1. The predicted octanol–water partition coefficient (Wildman–Crippen LogP) is 3.17. The number of hydrogen-bond donors (Lipinski definition) is 0. The lowest BCUT2D eigenvalue weighted by Gasteiger charge is -2.08. The van der Waals surface area contributed by atoms with Crippen LogP contribution in [0.25, 0.3) is 0 Å². The van der Waals surface area contributed by atoms with Crippen molar-refractivity contribution in [2.45, 2.75) is 3.74 Å². The van der Waals surface area contributed by atoms with Gasteiger partial charge in [-0.25, -0.2) is 4.79 Å². The number of hydrogen-bond acceptors (Lipinski definition) is 4. The summed E-state index contributed by atoms with van der Waals surface area (Å²) >= 11 is 6.40. The summed E-state index contributed by atoms with van der Waals surface area (Å²) in [6.07, 6.45) is 0. The van der Waals surface area contributed by atoms with E-state index in [1.807, 2.05) is 0 Å². The summed E-state index contributed by atoms with van der Waals surface area (Å²) in [6.45, 7) is 0. The van der Waals surface area contributed by atoms with Crippen molar-refractivity contribution >= 4 is 43.5 Å². The van der Waals surface area contributed by atoms with Gasteiger partial charge in [-0.3, -0.25) is 10.1 Å². The molecule has 0 heterocycles. The quantitative estimate of drug-likeness (QED) is 0.362. The Kier molecular flexibility index (Phi) is 4.43. The second-order valence-corrected chi connectivity index (χ2v) is 5.88. The van der Waals surface area contributed by atoms with Crippen LogP contribution in [0.3, 0.4) is 0 Å². The number of halogens is 2. The van der Waals surface area contributed by atoms with E-state index in [0.29, 0.717) is 5.56 Å². The van der Waals surface area contributed by atoms with Crippen molar-refractivity contribution in [2.75, 3.05) is 7.11 Å². The number of methoxy groups -OCH3 is 1. The van der Waals surface area contributed by atoms with Gasteiger partial charge in [0.25, 0.3) is 5.69 Å². The molecule has 0 N–H and O–H groups in total. The van der Waals surface area contributed by atoms with Crippen LogP contribution in [0, 0.1) is 10.1 Å². The number of nitro benzene ring substituents is 1. The van der Waals surface area contributed by atoms with Crippen LogP contribution in [0.1, 0.15) is 19.7 Å². The molecular formula is C9H7Br2NO4. The summed E-state index contributed by atoms with van der Waals surface area (Å²) < 4.78 is 4.22. The van der Waals surface area contributed by atoms with E-state index in [0.717, 1.165) is 0 Å². The molecule has 86 valence electrons. The maximum absolute atomic E-state index is 11.4. The van der Waals surface area contributed by atoms with Crippen LogP contribution >= 0.6 is 31.9 Å². The average molecular weight is 353 g/mol. The van der Waals surface area contributed by atoms with Crippen LogP contribution in [0.4, 0.5) is 5.69 Å². The lowest BCUT2D eigenvalue weighted by molar-refractivity contribution is -0.384. The minimum Gasteiger partial charge on any atom is -0.465 e. The Morgan fingerprint density at radius 1 is 1.50 bits per heavy atom. The molecule has 0 aliphatic heterocycles. The first-order valence-electron chi connectivity index (χ1n) is 4.12. The fourth-order valence-corrected chi connectivity index (χ4v) is 1.90. The molecule has 5 nitrogen and oxygen atoms in total. The highest BCUT2D eigenvalue weighted by atomic mass is 79.9. The molecule has 0 aromatic heterocycles. The second kappa shape index (κ2) is 5.40. The third kappa shape index (κ3) is 2.79. The van der Waals surface area contributed by atoms with Crippen LogP contribution in [-0.2, 0) is 4.74 Å². The largest absolute Gasteiger partial charge is 0.465 e. The van der Waals surface area contributed by atoms with E-state index in [1.165, 1.54) is 25.3 Å². The zero-order valence-electron chi connectivity index (χ0n) is 8.15. The summed E-state index contributed by atoms with van der Waals surface area (Å²) in [4.78, 5) is 21.5.